The molecular weight excluding hydrogens is 439 g/mol. The average Bonchev–Trinajstić information content (AvgIpc) is 2.73. The van der Waals surface area contributed by atoms with E-state index in [1.807, 2.05) is 0 Å². The maximum absolute atomic E-state index is 14.2. The summed E-state index contributed by atoms with van der Waals surface area (Å²) in [6, 6.07) is 11.9. The van der Waals surface area contributed by atoms with Crippen LogP contribution in [0.2, 0.25) is 5.02 Å². The van der Waals surface area contributed by atoms with Gasteiger partial charge in [-0.3, -0.25) is 9.59 Å². The Kier molecular flexibility index (Phi) is 6.55. The van der Waals surface area contributed by atoms with Gasteiger partial charge in [0.1, 0.15) is 11.6 Å². The van der Waals surface area contributed by atoms with E-state index in [0.717, 1.165) is 30.3 Å². The average molecular weight is 453 g/mol. The molecule has 0 spiro atoms. The van der Waals surface area contributed by atoms with Crippen LogP contribution >= 0.6 is 11.6 Å². The van der Waals surface area contributed by atoms with Crippen LogP contribution in [0.15, 0.2) is 66.7 Å². The van der Waals surface area contributed by atoms with Crippen LogP contribution in [0.25, 0.3) is 0 Å². The Morgan fingerprint density at radius 1 is 0.871 bits per heavy atom. The maximum atomic E-state index is 14.2. The predicted octanol–water partition coefficient (Wildman–Crippen LogP) is 6.56. The smallest absolute Gasteiger partial charge is 0.293 e. The number of halogens is 6. The lowest BCUT2D eigenvalue weighted by atomic mass is 9.84. The van der Waals surface area contributed by atoms with Gasteiger partial charge in [-0.2, -0.15) is 13.2 Å². The zero-order valence-electron chi connectivity index (χ0n) is 15.7. The number of hydrogen-bond donors (Lipinski definition) is 0. The van der Waals surface area contributed by atoms with E-state index < -0.39 is 52.8 Å². The molecule has 0 saturated heterocycles. The number of carbonyl (C=O) groups is 2. The monoisotopic (exact) mass is 452 g/mol. The first-order valence-corrected chi connectivity index (χ1v) is 9.39. The Balaban J connectivity index is 2.04. The second-order valence-electron chi connectivity index (χ2n) is 6.81. The fraction of sp³-hybridized carbons (Fsp3) is 0.130. The van der Waals surface area contributed by atoms with Crippen molar-refractivity contribution in [2.75, 3.05) is 0 Å². The number of carbonyl (C=O) groups excluding carboxylic acids is 2. The topological polar surface area (TPSA) is 34.1 Å². The molecule has 8 heteroatoms. The van der Waals surface area contributed by atoms with Gasteiger partial charge in [-0.1, -0.05) is 29.8 Å². The second-order valence-corrected chi connectivity index (χ2v) is 7.25. The summed E-state index contributed by atoms with van der Waals surface area (Å²) in [7, 11) is 0. The van der Waals surface area contributed by atoms with E-state index >= 15 is 0 Å². The van der Waals surface area contributed by atoms with Gasteiger partial charge < -0.3 is 0 Å². The van der Waals surface area contributed by atoms with Crippen molar-refractivity contribution in [1.29, 1.82) is 0 Å². The third-order valence-electron chi connectivity index (χ3n) is 4.65. The molecule has 0 bridgehead atoms. The predicted molar refractivity (Wildman–Crippen MR) is 105 cm³/mol. The molecule has 0 radical (unpaired) electrons. The van der Waals surface area contributed by atoms with Gasteiger partial charge in [0.25, 0.3) is 0 Å². The quantitative estimate of drug-likeness (QED) is 0.241. The first-order valence-electron chi connectivity index (χ1n) is 9.01. The number of benzene rings is 3. The van der Waals surface area contributed by atoms with E-state index in [-0.39, 0.29) is 11.1 Å². The Labute approximate surface area is 179 Å². The zero-order valence-corrected chi connectivity index (χ0v) is 16.5. The van der Waals surface area contributed by atoms with E-state index in [1.54, 1.807) is 0 Å². The van der Waals surface area contributed by atoms with Crippen LogP contribution in [0.5, 0.6) is 0 Å². The molecule has 0 aliphatic carbocycles. The van der Waals surface area contributed by atoms with Crippen LogP contribution in [0, 0.1) is 17.6 Å². The van der Waals surface area contributed by atoms with Gasteiger partial charge in [0.05, 0.1) is 17.0 Å². The number of rotatable bonds is 6. The minimum absolute atomic E-state index is 0.0484. The van der Waals surface area contributed by atoms with Crippen LogP contribution in [0.3, 0.4) is 0 Å². The molecule has 0 aliphatic heterocycles. The molecule has 0 aromatic heterocycles. The van der Waals surface area contributed by atoms with Crippen LogP contribution in [0.1, 0.15) is 31.8 Å². The van der Waals surface area contributed by atoms with Crippen molar-refractivity contribution in [3.8, 4) is 0 Å². The molecule has 160 valence electrons. The fourth-order valence-corrected chi connectivity index (χ4v) is 3.23. The Morgan fingerprint density at radius 3 is 2.19 bits per heavy atom. The summed E-state index contributed by atoms with van der Waals surface area (Å²) in [4.78, 5) is 26.1. The van der Waals surface area contributed by atoms with Crippen molar-refractivity contribution in [3.05, 3.63) is 106 Å². The van der Waals surface area contributed by atoms with Crippen molar-refractivity contribution >= 4 is 23.2 Å². The lowest BCUT2D eigenvalue weighted by molar-refractivity contribution is -0.137. The molecule has 0 aliphatic rings. The Morgan fingerprint density at radius 2 is 1.55 bits per heavy atom. The molecule has 1 unspecified atom stereocenters. The van der Waals surface area contributed by atoms with Gasteiger partial charge in [0.2, 0.25) is 0 Å². The van der Waals surface area contributed by atoms with Crippen molar-refractivity contribution < 1.29 is 31.5 Å². The van der Waals surface area contributed by atoms with Gasteiger partial charge in [0, 0.05) is 10.6 Å². The summed E-state index contributed by atoms with van der Waals surface area (Å²) in [5.74, 6) is -5.27. The van der Waals surface area contributed by atoms with Crippen molar-refractivity contribution in [2.24, 2.45) is 5.92 Å². The maximum Gasteiger partial charge on any atom is 0.416 e. The second kappa shape index (κ2) is 8.98. The number of hydrogen-bond acceptors (Lipinski definition) is 2. The molecule has 31 heavy (non-hydrogen) atoms. The van der Waals surface area contributed by atoms with Gasteiger partial charge in [-0.15, -0.1) is 0 Å². The van der Waals surface area contributed by atoms with E-state index in [4.69, 9.17) is 11.6 Å². The van der Waals surface area contributed by atoms with E-state index in [9.17, 15) is 31.5 Å². The van der Waals surface area contributed by atoms with E-state index in [2.05, 4.69) is 0 Å². The lowest BCUT2D eigenvalue weighted by Gasteiger charge is -2.17. The number of Topliss-reactive ketones (excluding diaryl/α,β-unsaturated/α-hetero) is 2. The van der Waals surface area contributed by atoms with Crippen molar-refractivity contribution in [3.63, 3.8) is 0 Å². The summed E-state index contributed by atoms with van der Waals surface area (Å²) >= 11 is 5.81. The fourth-order valence-electron chi connectivity index (χ4n) is 3.10. The molecule has 0 fully saturated rings. The third-order valence-corrected chi connectivity index (χ3v) is 4.90. The molecule has 3 aromatic carbocycles. The molecule has 0 saturated carbocycles. The molecule has 1 atom stereocenters. The normalized spacial score (nSPS) is 12.5. The molecule has 2 nitrogen and oxygen atoms in total. The van der Waals surface area contributed by atoms with Crippen LogP contribution in [0.4, 0.5) is 22.0 Å². The van der Waals surface area contributed by atoms with Crippen LogP contribution in [-0.4, -0.2) is 11.6 Å². The summed E-state index contributed by atoms with van der Waals surface area (Å²) in [5, 5.41) is 0.327. The van der Waals surface area contributed by atoms with Gasteiger partial charge in [-0.25, -0.2) is 8.78 Å². The summed E-state index contributed by atoms with van der Waals surface area (Å²) in [6.45, 7) is 0. The number of ketones is 2. The first kappa shape index (κ1) is 22.6. The molecule has 0 amide bonds. The lowest BCUT2D eigenvalue weighted by Crippen LogP contribution is -2.27. The summed E-state index contributed by atoms with van der Waals surface area (Å²) < 4.78 is 66.9. The van der Waals surface area contributed by atoms with Gasteiger partial charge >= 0.3 is 6.18 Å². The first-order chi connectivity index (χ1) is 14.6. The SMILES string of the molecule is O=C(c1ccc(Cl)cc1)C(Cc1cccc(C(F)(F)F)c1)C(=O)c1cc(F)ccc1F. The highest BCUT2D eigenvalue weighted by molar-refractivity contribution is 6.30. The van der Waals surface area contributed by atoms with Crippen LogP contribution < -0.4 is 0 Å². The third kappa shape index (κ3) is 5.35. The van der Waals surface area contributed by atoms with E-state index in [0.29, 0.717) is 11.1 Å². The Bertz CT molecular complexity index is 1120. The standard InChI is InChI=1S/C23H14ClF5O2/c24-16-6-4-14(5-7-16)21(30)19(22(31)18-12-17(25)8-9-20(18)26)11-13-2-1-3-15(10-13)23(27,28)29/h1-10,12,19H,11H2. The molecule has 0 heterocycles. The van der Waals surface area contributed by atoms with Gasteiger partial charge in [0.15, 0.2) is 11.6 Å². The minimum Gasteiger partial charge on any atom is -0.293 e. The minimum atomic E-state index is -4.62. The zero-order chi connectivity index (χ0) is 22.8. The molecule has 3 aromatic rings. The molecule has 3 rings (SSSR count). The highest BCUT2D eigenvalue weighted by atomic mass is 35.5. The summed E-state index contributed by atoms with van der Waals surface area (Å²) in [6.07, 6.45) is -5.05. The van der Waals surface area contributed by atoms with Gasteiger partial charge in [-0.05, 0) is 60.5 Å². The van der Waals surface area contributed by atoms with Crippen LogP contribution in [-0.2, 0) is 12.6 Å². The highest BCUT2D eigenvalue weighted by Gasteiger charge is 2.33. The molecule has 0 N–H and O–H groups in total. The molecular formula is C23H14ClF5O2. The van der Waals surface area contributed by atoms with Crippen molar-refractivity contribution in [2.45, 2.75) is 12.6 Å². The van der Waals surface area contributed by atoms with E-state index in [1.165, 1.54) is 30.3 Å². The Hall–Kier alpha value is -3.06. The highest BCUT2D eigenvalue weighted by Crippen LogP contribution is 2.31. The number of alkyl halides is 3. The van der Waals surface area contributed by atoms with Crippen molar-refractivity contribution in [1.82, 2.24) is 0 Å². The summed E-state index contributed by atoms with van der Waals surface area (Å²) in [5.41, 5.74) is -1.50. The largest absolute Gasteiger partial charge is 0.416 e.